The first-order valence-corrected chi connectivity index (χ1v) is 10.8. The van der Waals surface area contributed by atoms with Gasteiger partial charge >= 0.3 is 0 Å². The Morgan fingerprint density at radius 1 is 1.06 bits per heavy atom. The molecule has 0 spiro atoms. The van der Waals surface area contributed by atoms with Crippen molar-refractivity contribution >= 4 is 29.8 Å². The van der Waals surface area contributed by atoms with Crippen molar-refractivity contribution in [2.75, 3.05) is 5.75 Å². The lowest BCUT2D eigenvalue weighted by molar-refractivity contribution is -0.128. The molecule has 1 aliphatic rings. The van der Waals surface area contributed by atoms with Gasteiger partial charge in [-0.1, -0.05) is 60.7 Å². The van der Waals surface area contributed by atoms with Crippen LogP contribution in [0.4, 0.5) is 4.39 Å². The van der Waals surface area contributed by atoms with Crippen molar-refractivity contribution < 1.29 is 14.0 Å². The summed E-state index contributed by atoms with van der Waals surface area (Å²) in [7, 11) is 0. The van der Waals surface area contributed by atoms with Crippen LogP contribution >= 0.6 is 11.8 Å². The van der Waals surface area contributed by atoms with Crippen LogP contribution in [-0.4, -0.2) is 28.7 Å². The fourth-order valence-corrected chi connectivity index (χ4v) is 4.47. The number of amides is 2. The van der Waals surface area contributed by atoms with Gasteiger partial charge in [-0.3, -0.25) is 9.59 Å². The molecule has 0 aliphatic carbocycles. The number of thioether (sulfide) groups is 1. The number of benzene rings is 3. The predicted molar refractivity (Wildman–Crippen MR) is 120 cm³/mol. The molecule has 1 heterocycles. The van der Waals surface area contributed by atoms with Crippen molar-refractivity contribution in [1.29, 1.82) is 0 Å². The molecule has 1 N–H and O–H groups in total. The predicted octanol–water partition coefficient (Wildman–Crippen LogP) is 4.36. The van der Waals surface area contributed by atoms with Crippen molar-refractivity contribution in [3.63, 3.8) is 0 Å². The fourth-order valence-electron chi connectivity index (χ4n) is 3.29. The molecule has 0 unspecified atom stereocenters. The van der Waals surface area contributed by atoms with Crippen molar-refractivity contribution in [2.24, 2.45) is 5.10 Å². The van der Waals surface area contributed by atoms with Gasteiger partial charge in [0, 0.05) is 17.7 Å². The zero-order chi connectivity index (χ0) is 21.6. The maximum Gasteiger partial charge on any atom is 0.271 e. The second-order valence-corrected chi connectivity index (χ2v) is 8.08. The Morgan fingerprint density at radius 2 is 1.77 bits per heavy atom. The third-order valence-electron chi connectivity index (χ3n) is 4.90. The minimum Gasteiger partial charge on any atom is -0.322 e. The minimum atomic E-state index is -0.409. The van der Waals surface area contributed by atoms with Gasteiger partial charge in [0.15, 0.2) is 0 Å². The molecule has 5 nitrogen and oxygen atoms in total. The van der Waals surface area contributed by atoms with Gasteiger partial charge in [-0.25, -0.2) is 9.82 Å². The molecule has 0 saturated carbocycles. The van der Waals surface area contributed by atoms with E-state index in [4.69, 9.17) is 0 Å². The van der Waals surface area contributed by atoms with Crippen LogP contribution in [-0.2, 0) is 11.3 Å². The second-order valence-electron chi connectivity index (χ2n) is 7.01. The van der Waals surface area contributed by atoms with Crippen LogP contribution in [0.15, 0.2) is 84.0 Å². The van der Waals surface area contributed by atoms with Crippen molar-refractivity contribution in [3.05, 3.63) is 107 Å². The van der Waals surface area contributed by atoms with E-state index < -0.39 is 11.7 Å². The summed E-state index contributed by atoms with van der Waals surface area (Å²) in [5.74, 6) is -0.267. The molecular formula is C24H20FN3O2S. The first kappa shape index (κ1) is 20.8. The summed E-state index contributed by atoms with van der Waals surface area (Å²) in [6.07, 6.45) is 1.27. The number of hydrogen-bond donors (Lipinski definition) is 1. The van der Waals surface area contributed by atoms with E-state index in [2.05, 4.69) is 10.5 Å². The molecule has 31 heavy (non-hydrogen) atoms. The number of nitrogens with zero attached hydrogens (tertiary/aromatic N) is 2. The Balaban J connectivity index is 1.41. The molecule has 3 aromatic carbocycles. The van der Waals surface area contributed by atoms with E-state index in [0.717, 1.165) is 11.1 Å². The summed E-state index contributed by atoms with van der Waals surface area (Å²) in [4.78, 5) is 26.6. The van der Waals surface area contributed by atoms with Crippen LogP contribution in [0.25, 0.3) is 0 Å². The van der Waals surface area contributed by atoms with Crippen molar-refractivity contribution in [2.45, 2.75) is 11.9 Å². The molecule has 4 rings (SSSR count). The highest BCUT2D eigenvalue weighted by atomic mass is 32.2. The number of rotatable bonds is 6. The average molecular weight is 434 g/mol. The van der Waals surface area contributed by atoms with Gasteiger partial charge in [0.05, 0.1) is 12.0 Å². The van der Waals surface area contributed by atoms with Gasteiger partial charge in [0.2, 0.25) is 5.91 Å². The second kappa shape index (κ2) is 9.57. The summed E-state index contributed by atoms with van der Waals surface area (Å²) in [5.41, 5.74) is 5.16. The van der Waals surface area contributed by atoms with Crippen LogP contribution in [0.5, 0.6) is 0 Å². The molecule has 1 saturated heterocycles. The van der Waals surface area contributed by atoms with E-state index in [1.807, 2.05) is 47.4 Å². The Hall–Kier alpha value is -3.45. The molecule has 2 amide bonds. The van der Waals surface area contributed by atoms with Gasteiger partial charge in [0.25, 0.3) is 5.91 Å². The highest BCUT2D eigenvalue weighted by Gasteiger charge is 2.32. The van der Waals surface area contributed by atoms with E-state index >= 15 is 0 Å². The standard InChI is InChI=1S/C24H20FN3O2S/c25-21-9-5-4-8-20(21)14-26-27-23(30)18-10-12-19(13-11-18)24-28(22(29)16-31-24)15-17-6-2-1-3-7-17/h1-14,24H,15-16H2,(H,27,30)/b26-14-/t24-/m0/s1. The quantitative estimate of drug-likeness (QED) is 0.464. The van der Waals surface area contributed by atoms with Gasteiger partial charge in [-0.05, 0) is 29.3 Å². The monoisotopic (exact) mass is 433 g/mol. The van der Waals surface area contributed by atoms with Crippen LogP contribution in [0.3, 0.4) is 0 Å². The molecule has 1 fully saturated rings. The molecule has 3 aromatic rings. The maximum absolute atomic E-state index is 13.6. The Labute approximate surface area is 184 Å². The number of hydrazone groups is 1. The van der Waals surface area contributed by atoms with E-state index in [9.17, 15) is 14.0 Å². The number of carbonyl (C=O) groups excluding carboxylic acids is 2. The van der Waals surface area contributed by atoms with Crippen molar-refractivity contribution in [1.82, 2.24) is 10.3 Å². The van der Waals surface area contributed by atoms with E-state index in [1.54, 1.807) is 42.1 Å². The van der Waals surface area contributed by atoms with Crippen LogP contribution < -0.4 is 5.43 Å². The highest BCUT2D eigenvalue weighted by molar-refractivity contribution is 8.00. The third-order valence-corrected chi connectivity index (χ3v) is 6.15. The molecule has 1 atom stereocenters. The smallest absolute Gasteiger partial charge is 0.271 e. The normalized spacial score (nSPS) is 16.1. The zero-order valence-corrected chi connectivity index (χ0v) is 17.4. The zero-order valence-electron chi connectivity index (χ0n) is 16.6. The molecule has 0 bridgehead atoms. The molecule has 156 valence electrons. The molecule has 0 radical (unpaired) electrons. The molecular weight excluding hydrogens is 413 g/mol. The van der Waals surface area contributed by atoms with Crippen LogP contribution in [0.2, 0.25) is 0 Å². The largest absolute Gasteiger partial charge is 0.322 e. The highest BCUT2D eigenvalue weighted by Crippen LogP contribution is 2.39. The summed E-state index contributed by atoms with van der Waals surface area (Å²) in [6.45, 7) is 0.546. The van der Waals surface area contributed by atoms with Gasteiger partial charge in [0.1, 0.15) is 11.2 Å². The Kier molecular flexibility index (Phi) is 6.43. The number of hydrogen-bond acceptors (Lipinski definition) is 4. The molecule has 1 aliphatic heterocycles. The van der Waals surface area contributed by atoms with Gasteiger partial charge < -0.3 is 4.90 Å². The SMILES string of the molecule is O=C(N/N=C\c1ccccc1F)c1ccc([C@@H]2SCC(=O)N2Cc2ccccc2)cc1. The maximum atomic E-state index is 13.6. The lowest BCUT2D eigenvalue weighted by Gasteiger charge is -2.24. The summed E-state index contributed by atoms with van der Waals surface area (Å²) in [6, 6.07) is 23.2. The van der Waals surface area contributed by atoms with E-state index in [0.29, 0.717) is 23.4 Å². The summed E-state index contributed by atoms with van der Waals surface area (Å²) in [5, 5.41) is 3.73. The lowest BCUT2D eigenvalue weighted by Crippen LogP contribution is -2.27. The molecule has 7 heteroatoms. The van der Waals surface area contributed by atoms with E-state index in [1.165, 1.54) is 12.3 Å². The summed E-state index contributed by atoms with van der Waals surface area (Å²) >= 11 is 1.57. The number of carbonyl (C=O) groups is 2. The third kappa shape index (κ3) is 5.00. The number of halogens is 1. The topological polar surface area (TPSA) is 61.8 Å². The van der Waals surface area contributed by atoms with Crippen molar-refractivity contribution in [3.8, 4) is 0 Å². The number of nitrogens with one attached hydrogen (secondary N) is 1. The summed E-state index contributed by atoms with van der Waals surface area (Å²) < 4.78 is 13.6. The Morgan fingerprint density at radius 3 is 2.52 bits per heavy atom. The van der Waals surface area contributed by atoms with Gasteiger partial charge in [-0.15, -0.1) is 11.8 Å². The minimum absolute atomic E-state index is 0.0936. The van der Waals surface area contributed by atoms with Crippen LogP contribution in [0, 0.1) is 5.82 Å². The average Bonchev–Trinajstić information content (AvgIpc) is 3.16. The fraction of sp³-hybridized carbons (Fsp3) is 0.125. The molecule has 0 aromatic heterocycles. The van der Waals surface area contributed by atoms with Crippen LogP contribution in [0.1, 0.15) is 32.4 Å². The van der Waals surface area contributed by atoms with E-state index in [-0.39, 0.29) is 11.3 Å². The Bertz CT molecular complexity index is 1100. The lowest BCUT2D eigenvalue weighted by atomic mass is 10.1. The first-order chi connectivity index (χ1) is 15.1. The first-order valence-electron chi connectivity index (χ1n) is 9.75. The van der Waals surface area contributed by atoms with Gasteiger partial charge in [-0.2, -0.15) is 5.10 Å².